The number of carbonyl (C=O) groups excluding carboxylic acids is 1. The fraction of sp³-hybridized carbons (Fsp3) is 0.769. The lowest BCUT2D eigenvalue weighted by molar-refractivity contribution is -0.150. The summed E-state index contributed by atoms with van der Waals surface area (Å²) in [5.74, 6) is 2.85. The first-order valence-corrected chi connectivity index (χ1v) is 6.06. The highest BCUT2D eigenvalue weighted by atomic mass is 16.5. The molecule has 0 spiro atoms. The third-order valence-electron chi connectivity index (χ3n) is 4.24. The molecule has 4 saturated carbocycles. The Bertz CT molecular complexity index is 345. The molecule has 0 aromatic rings. The highest BCUT2D eigenvalue weighted by Crippen LogP contribution is 2.66. The van der Waals surface area contributed by atoms with Crippen molar-refractivity contribution in [3.63, 3.8) is 0 Å². The predicted octanol–water partition coefficient (Wildman–Crippen LogP) is 1.23. The first kappa shape index (κ1) is 10.2. The van der Waals surface area contributed by atoms with Crippen molar-refractivity contribution in [2.75, 3.05) is 6.61 Å². The van der Waals surface area contributed by atoms with Crippen LogP contribution in [0.15, 0.2) is 0 Å². The van der Waals surface area contributed by atoms with E-state index in [2.05, 4.69) is 11.2 Å². The van der Waals surface area contributed by atoms with Gasteiger partial charge in [0.15, 0.2) is 0 Å². The fourth-order valence-corrected chi connectivity index (χ4v) is 3.14. The lowest BCUT2D eigenvalue weighted by Crippen LogP contribution is -2.74. The lowest BCUT2D eigenvalue weighted by atomic mass is 9.40. The van der Waals surface area contributed by atoms with Crippen LogP contribution in [0.3, 0.4) is 0 Å². The van der Waals surface area contributed by atoms with Crippen LogP contribution in [-0.4, -0.2) is 24.2 Å². The molecule has 0 atom stereocenters. The van der Waals surface area contributed by atoms with Gasteiger partial charge in [0.05, 0.1) is 6.10 Å². The molecule has 4 aliphatic carbocycles. The molecule has 86 valence electrons. The van der Waals surface area contributed by atoms with Crippen LogP contribution in [0.2, 0.25) is 0 Å². The van der Waals surface area contributed by atoms with Gasteiger partial charge in [-0.1, -0.05) is 5.92 Å². The maximum absolute atomic E-state index is 11.6. The van der Waals surface area contributed by atoms with E-state index in [0.717, 1.165) is 32.1 Å². The Kier molecular flexibility index (Phi) is 2.06. The van der Waals surface area contributed by atoms with Gasteiger partial charge in [-0.15, -0.1) is 6.42 Å². The summed E-state index contributed by atoms with van der Waals surface area (Å²) in [6, 6.07) is 0. The van der Waals surface area contributed by atoms with Gasteiger partial charge in [0, 0.05) is 11.0 Å². The molecule has 4 fully saturated rings. The molecule has 0 unspecified atom stereocenters. The monoisotopic (exact) mass is 219 g/mol. The zero-order chi connectivity index (χ0) is 11.2. The van der Waals surface area contributed by atoms with Crippen LogP contribution in [-0.2, 0) is 9.53 Å². The van der Waals surface area contributed by atoms with Gasteiger partial charge >= 0.3 is 0 Å². The van der Waals surface area contributed by atoms with Crippen molar-refractivity contribution in [2.24, 2.45) is 5.41 Å². The highest BCUT2D eigenvalue weighted by molar-refractivity contribution is 5.79. The van der Waals surface area contributed by atoms with Crippen molar-refractivity contribution < 1.29 is 9.53 Å². The Balaban J connectivity index is 1.40. The molecule has 4 rings (SSSR count). The van der Waals surface area contributed by atoms with E-state index < -0.39 is 0 Å². The first-order valence-electron chi connectivity index (χ1n) is 6.06. The summed E-state index contributed by atoms with van der Waals surface area (Å²) in [5, 5.41) is 3.06. The molecule has 16 heavy (non-hydrogen) atoms. The molecule has 1 amide bonds. The third kappa shape index (κ3) is 1.44. The van der Waals surface area contributed by atoms with Gasteiger partial charge < -0.3 is 10.1 Å². The minimum absolute atomic E-state index is 0.0252. The maximum atomic E-state index is 11.6. The summed E-state index contributed by atoms with van der Waals surface area (Å²) >= 11 is 0. The highest BCUT2D eigenvalue weighted by Gasteiger charge is 2.67. The van der Waals surface area contributed by atoms with Crippen LogP contribution in [0.5, 0.6) is 0 Å². The van der Waals surface area contributed by atoms with Crippen LogP contribution in [0.4, 0.5) is 0 Å². The molecule has 0 radical (unpaired) electrons. The van der Waals surface area contributed by atoms with Gasteiger partial charge in [0.1, 0.15) is 6.61 Å². The molecule has 0 heterocycles. The Morgan fingerprint density at radius 2 is 2.12 bits per heavy atom. The summed E-state index contributed by atoms with van der Waals surface area (Å²) in [6.07, 6.45) is 12.1. The molecule has 4 aliphatic rings. The molecular weight excluding hydrogens is 202 g/mol. The molecule has 3 heteroatoms. The van der Waals surface area contributed by atoms with Gasteiger partial charge in [-0.2, -0.15) is 0 Å². The Labute approximate surface area is 95.9 Å². The predicted molar refractivity (Wildman–Crippen MR) is 59.6 cm³/mol. The topological polar surface area (TPSA) is 38.3 Å². The van der Waals surface area contributed by atoms with Crippen LogP contribution in [0.1, 0.15) is 38.5 Å². The Morgan fingerprint density at radius 3 is 2.62 bits per heavy atom. The molecule has 0 aromatic carbocycles. The SMILES string of the molecule is C#CC12CC(NC(=O)COC3CCC3)(C1)C2. The van der Waals surface area contributed by atoms with E-state index in [-0.39, 0.29) is 23.5 Å². The molecule has 2 bridgehead atoms. The van der Waals surface area contributed by atoms with Crippen LogP contribution in [0, 0.1) is 17.8 Å². The molecular formula is C13H17NO2. The first-order chi connectivity index (χ1) is 7.65. The number of terminal acetylenes is 1. The molecule has 0 aromatic heterocycles. The summed E-state index contributed by atoms with van der Waals surface area (Å²) in [4.78, 5) is 11.6. The zero-order valence-electron chi connectivity index (χ0n) is 9.42. The van der Waals surface area contributed by atoms with E-state index in [1.165, 1.54) is 6.42 Å². The van der Waals surface area contributed by atoms with Crippen LogP contribution in [0.25, 0.3) is 0 Å². The van der Waals surface area contributed by atoms with Crippen molar-refractivity contribution in [3.8, 4) is 12.3 Å². The molecule has 1 N–H and O–H groups in total. The largest absolute Gasteiger partial charge is 0.368 e. The van der Waals surface area contributed by atoms with E-state index in [9.17, 15) is 4.79 Å². The fourth-order valence-electron chi connectivity index (χ4n) is 3.14. The van der Waals surface area contributed by atoms with Crippen molar-refractivity contribution in [1.82, 2.24) is 5.32 Å². The van der Waals surface area contributed by atoms with E-state index in [1.807, 2.05) is 0 Å². The summed E-state index contributed by atoms with van der Waals surface area (Å²) in [5.41, 5.74) is 0.161. The number of ether oxygens (including phenoxy) is 1. The maximum Gasteiger partial charge on any atom is 0.246 e. The quantitative estimate of drug-likeness (QED) is 0.722. The third-order valence-corrected chi connectivity index (χ3v) is 4.24. The van der Waals surface area contributed by atoms with Crippen molar-refractivity contribution >= 4 is 5.91 Å². The second-order valence-corrected chi connectivity index (χ2v) is 5.65. The Morgan fingerprint density at radius 1 is 1.44 bits per heavy atom. The van der Waals surface area contributed by atoms with Crippen molar-refractivity contribution in [1.29, 1.82) is 0 Å². The second-order valence-electron chi connectivity index (χ2n) is 5.65. The molecule has 0 saturated heterocycles. The standard InChI is InChI=1S/C13H17NO2/c1-2-12-7-13(8-12,9-12)14-11(15)6-16-10-4-3-5-10/h1,10H,3-9H2,(H,14,15). The average Bonchev–Trinajstić information content (AvgIpc) is 2.06. The number of rotatable bonds is 4. The molecule has 3 nitrogen and oxygen atoms in total. The summed E-state index contributed by atoms with van der Waals surface area (Å²) in [6.45, 7) is 0.218. The number of hydrogen-bond donors (Lipinski definition) is 1. The second kappa shape index (κ2) is 3.24. The molecule has 0 aliphatic heterocycles. The number of nitrogens with one attached hydrogen (secondary N) is 1. The normalized spacial score (nSPS) is 39.9. The van der Waals surface area contributed by atoms with Gasteiger partial charge in [-0.25, -0.2) is 0 Å². The van der Waals surface area contributed by atoms with Crippen molar-refractivity contribution in [2.45, 2.75) is 50.2 Å². The average molecular weight is 219 g/mol. The smallest absolute Gasteiger partial charge is 0.246 e. The van der Waals surface area contributed by atoms with Gasteiger partial charge in [0.2, 0.25) is 5.91 Å². The lowest BCUT2D eigenvalue weighted by Gasteiger charge is -2.68. The zero-order valence-corrected chi connectivity index (χ0v) is 9.42. The summed E-state index contributed by atoms with van der Waals surface area (Å²) < 4.78 is 5.47. The van der Waals surface area contributed by atoms with E-state index >= 15 is 0 Å². The van der Waals surface area contributed by atoms with E-state index in [1.54, 1.807) is 0 Å². The van der Waals surface area contributed by atoms with Gasteiger partial charge in [0.25, 0.3) is 0 Å². The van der Waals surface area contributed by atoms with Crippen LogP contribution >= 0.6 is 0 Å². The minimum Gasteiger partial charge on any atom is -0.368 e. The van der Waals surface area contributed by atoms with Crippen LogP contribution < -0.4 is 5.32 Å². The minimum atomic E-state index is 0.0252. The summed E-state index contributed by atoms with van der Waals surface area (Å²) in [7, 11) is 0. The van der Waals surface area contributed by atoms with Gasteiger partial charge in [-0.3, -0.25) is 4.79 Å². The Hall–Kier alpha value is -1.01. The number of carbonyl (C=O) groups is 1. The number of amides is 1. The van der Waals surface area contributed by atoms with Crippen molar-refractivity contribution in [3.05, 3.63) is 0 Å². The number of hydrogen-bond acceptors (Lipinski definition) is 2. The van der Waals surface area contributed by atoms with E-state index in [4.69, 9.17) is 11.2 Å². The van der Waals surface area contributed by atoms with E-state index in [0.29, 0.717) is 6.10 Å². The van der Waals surface area contributed by atoms with Gasteiger partial charge in [-0.05, 0) is 38.5 Å².